The van der Waals surface area contributed by atoms with Crippen LogP contribution in [0.1, 0.15) is 27.2 Å². The molecule has 0 saturated heterocycles. The molecule has 0 spiro atoms. The SMILES string of the molecule is Cc1ccc(NC(=O)c2nnn(CC(=O)Nc3cccc(C)c3C)c2N)cc1. The minimum Gasteiger partial charge on any atom is -0.382 e. The number of nitrogens with zero attached hydrogens (tertiary/aromatic N) is 3. The standard InChI is InChI=1S/C20H22N6O2/c1-12-7-9-15(10-8-12)22-20(28)18-19(21)26(25-24-18)11-17(27)23-16-6-4-5-13(2)14(16)3/h4-10H,11,21H2,1-3H3,(H,22,28)(H,23,27). The van der Waals surface area contributed by atoms with Gasteiger partial charge in [-0.3, -0.25) is 9.59 Å². The van der Waals surface area contributed by atoms with Gasteiger partial charge in [-0.15, -0.1) is 5.10 Å². The van der Waals surface area contributed by atoms with E-state index in [-0.39, 0.29) is 24.0 Å². The van der Waals surface area contributed by atoms with E-state index in [9.17, 15) is 9.59 Å². The molecule has 144 valence electrons. The van der Waals surface area contributed by atoms with Crippen molar-refractivity contribution in [1.82, 2.24) is 15.0 Å². The molecule has 3 aromatic rings. The van der Waals surface area contributed by atoms with Crippen molar-refractivity contribution in [3.63, 3.8) is 0 Å². The average molecular weight is 378 g/mol. The number of hydrogen-bond acceptors (Lipinski definition) is 5. The van der Waals surface area contributed by atoms with Gasteiger partial charge in [0, 0.05) is 11.4 Å². The van der Waals surface area contributed by atoms with Crippen molar-refractivity contribution < 1.29 is 9.59 Å². The lowest BCUT2D eigenvalue weighted by Gasteiger charge is -2.10. The molecule has 0 aliphatic carbocycles. The monoisotopic (exact) mass is 378 g/mol. The molecular formula is C20H22N6O2. The van der Waals surface area contributed by atoms with E-state index < -0.39 is 5.91 Å². The Balaban J connectivity index is 1.68. The molecule has 2 aromatic carbocycles. The molecule has 1 aromatic heterocycles. The summed E-state index contributed by atoms with van der Waals surface area (Å²) in [6, 6.07) is 13.0. The number of aryl methyl sites for hydroxylation is 2. The highest BCUT2D eigenvalue weighted by Gasteiger charge is 2.19. The normalized spacial score (nSPS) is 10.5. The zero-order chi connectivity index (χ0) is 20.3. The largest absolute Gasteiger partial charge is 0.382 e. The number of aromatic nitrogens is 3. The zero-order valence-corrected chi connectivity index (χ0v) is 16.0. The molecule has 28 heavy (non-hydrogen) atoms. The number of carbonyl (C=O) groups excluding carboxylic acids is 2. The topological polar surface area (TPSA) is 115 Å². The van der Waals surface area contributed by atoms with E-state index in [4.69, 9.17) is 5.73 Å². The predicted molar refractivity (Wildman–Crippen MR) is 108 cm³/mol. The fraction of sp³-hybridized carbons (Fsp3) is 0.200. The van der Waals surface area contributed by atoms with Crippen LogP contribution in [0.2, 0.25) is 0 Å². The molecule has 0 fully saturated rings. The summed E-state index contributed by atoms with van der Waals surface area (Å²) >= 11 is 0. The van der Waals surface area contributed by atoms with Crippen LogP contribution in [0.25, 0.3) is 0 Å². The van der Waals surface area contributed by atoms with Crippen LogP contribution in [-0.2, 0) is 11.3 Å². The van der Waals surface area contributed by atoms with Crippen molar-refractivity contribution in [1.29, 1.82) is 0 Å². The van der Waals surface area contributed by atoms with E-state index in [1.54, 1.807) is 12.1 Å². The molecule has 8 heteroatoms. The second kappa shape index (κ2) is 7.91. The lowest BCUT2D eigenvalue weighted by molar-refractivity contribution is -0.116. The second-order valence-corrected chi connectivity index (χ2v) is 6.60. The van der Waals surface area contributed by atoms with E-state index >= 15 is 0 Å². The van der Waals surface area contributed by atoms with E-state index in [0.717, 1.165) is 22.4 Å². The van der Waals surface area contributed by atoms with Crippen LogP contribution in [0.3, 0.4) is 0 Å². The van der Waals surface area contributed by atoms with E-state index in [2.05, 4.69) is 20.9 Å². The Morgan fingerprint density at radius 1 is 1.04 bits per heavy atom. The van der Waals surface area contributed by atoms with Crippen molar-refractivity contribution in [2.24, 2.45) is 0 Å². The number of hydrogen-bond donors (Lipinski definition) is 3. The van der Waals surface area contributed by atoms with Crippen LogP contribution in [-0.4, -0.2) is 26.8 Å². The van der Waals surface area contributed by atoms with Crippen LogP contribution in [0, 0.1) is 20.8 Å². The summed E-state index contributed by atoms with van der Waals surface area (Å²) in [6.07, 6.45) is 0. The van der Waals surface area contributed by atoms with E-state index in [1.165, 1.54) is 4.68 Å². The number of anilines is 3. The number of amides is 2. The van der Waals surface area contributed by atoms with Gasteiger partial charge in [0.2, 0.25) is 5.91 Å². The lowest BCUT2D eigenvalue weighted by atomic mass is 10.1. The molecule has 0 aliphatic heterocycles. The fourth-order valence-corrected chi connectivity index (χ4v) is 2.64. The van der Waals surface area contributed by atoms with Crippen molar-refractivity contribution in [2.45, 2.75) is 27.3 Å². The van der Waals surface area contributed by atoms with Crippen LogP contribution in [0.15, 0.2) is 42.5 Å². The summed E-state index contributed by atoms with van der Waals surface area (Å²) in [7, 11) is 0. The summed E-state index contributed by atoms with van der Waals surface area (Å²) in [5.74, 6) is -0.765. The molecule has 0 aliphatic rings. The van der Waals surface area contributed by atoms with Gasteiger partial charge in [0.05, 0.1) is 0 Å². The summed E-state index contributed by atoms with van der Waals surface area (Å²) in [5.41, 5.74) is 10.4. The quantitative estimate of drug-likeness (QED) is 0.631. The predicted octanol–water partition coefficient (Wildman–Crippen LogP) is 2.68. The Labute approximate surface area is 162 Å². The van der Waals surface area contributed by atoms with Crippen molar-refractivity contribution in [2.75, 3.05) is 16.4 Å². The highest BCUT2D eigenvalue weighted by molar-refractivity contribution is 6.05. The third kappa shape index (κ3) is 4.17. The molecule has 8 nitrogen and oxygen atoms in total. The average Bonchev–Trinajstić information content (AvgIpc) is 3.01. The first-order valence-electron chi connectivity index (χ1n) is 8.78. The summed E-state index contributed by atoms with van der Waals surface area (Å²) in [4.78, 5) is 24.7. The molecule has 0 bridgehead atoms. The molecule has 2 amide bonds. The first-order chi connectivity index (χ1) is 13.3. The molecular weight excluding hydrogens is 356 g/mol. The van der Waals surface area contributed by atoms with Gasteiger partial charge in [0.25, 0.3) is 5.91 Å². The number of rotatable bonds is 5. The minimum absolute atomic E-state index is 0.0277. The third-order valence-corrected chi connectivity index (χ3v) is 4.47. The Morgan fingerprint density at radius 3 is 2.46 bits per heavy atom. The van der Waals surface area contributed by atoms with Crippen molar-refractivity contribution in [3.05, 3.63) is 64.8 Å². The number of carbonyl (C=O) groups is 2. The highest BCUT2D eigenvalue weighted by atomic mass is 16.2. The van der Waals surface area contributed by atoms with Crippen molar-refractivity contribution in [3.8, 4) is 0 Å². The molecule has 4 N–H and O–H groups in total. The Bertz CT molecular complexity index is 1020. The maximum atomic E-state index is 12.4. The number of benzene rings is 2. The third-order valence-electron chi connectivity index (χ3n) is 4.47. The molecule has 0 unspecified atom stereocenters. The van der Waals surface area contributed by atoms with Gasteiger partial charge in [-0.05, 0) is 50.1 Å². The molecule has 3 rings (SSSR count). The van der Waals surface area contributed by atoms with Crippen LogP contribution < -0.4 is 16.4 Å². The fourth-order valence-electron chi connectivity index (χ4n) is 2.64. The zero-order valence-electron chi connectivity index (χ0n) is 16.0. The molecule has 0 saturated carbocycles. The molecule has 0 atom stereocenters. The minimum atomic E-state index is -0.484. The van der Waals surface area contributed by atoms with Gasteiger partial charge in [0.15, 0.2) is 11.5 Å². The van der Waals surface area contributed by atoms with Gasteiger partial charge in [-0.2, -0.15) is 0 Å². The second-order valence-electron chi connectivity index (χ2n) is 6.60. The summed E-state index contributed by atoms with van der Waals surface area (Å²) in [5, 5.41) is 13.2. The van der Waals surface area contributed by atoms with E-state index in [0.29, 0.717) is 5.69 Å². The first-order valence-corrected chi connectivity index (χ1v) is 8.78. The maximum absolute atomic E-state index is 12.4. The lowest BCUT2D eigenvalue weighted by Crippen LogP contribution is -2.22. The van der Waals surface area contributed by atoms with Crippen LogP contribution >= 0.6 is 0 Å². The van der Waals surface area contributed by atoms with Gasteiger partial charge in [0.1, 0.15) is 6.54 Å². The van der Waals surface area contributed by atoms with Crippen molar-refractivity contribution >= 4 is 29.0 Å². The molecule has 1 heterocycles. The van der Waals surface area contributed by atoms with Gasteiger partial charge in [-0.25, -0.2) is 4.68 Å². The Morgan fingerprint density at radius 2 is 1.75 bits per heavy atom. The summed E-state index contributed by atoms with van der Waals surface area (Å²) in [6.45, 7) is 5.71. The van der Waals surface area contributed by atoms with Gasteiger partial charge >= 0.3 is 0 Å². The number of nitrogens with two attached hydrogens (primary N) is 1. The Hall–Kier alpha value is -3.68. The highest BCUT2D eigenvalue weighted by Crippen LogP contribution is 2.18. The molecule has 0 radical (unpaired) electrons. The summed E-state index contributed by atoms with van der Waals surface area (Å²) < 4.78 is 1.20. The number of nitrogens with one attached hydrogen (secondary N) is 2. The Kier molecular flexibility index (Phi) is 5.39. The van der Waals surface area contributed by atoms with E-state index in [1.807, 2.05) is 51.1 Å². The maximum Gasteiger partial charge on any atom is 0.280 e. The first kappa shape index (κ1) is 19.1. The number of nitrogen functional groups attached to an aromatic ring is 1. The van der Waals surface area contributed by atoms with Crippen LogP contribution in [0.5, 0.6) is 0 Å². The van der Waals surface area contributed by atoms with Gasteiger partial charge in [-0.1, -0.05) is 35.0 Å². The smallest absolute Gasteiger partial charge is 0.280 e. The van der Waals surface area contributed by atoms with Gasteiger partial charge < -0.3 is 16.4 Å². The van der Waals surface area contributed by atoms with Crippen LogP contribution in [0.4, 0.5) is 17.2 Å².